The van der Waals surface area contributed by atoms with Gasteiger partial charge < -0.3 is 9.73 Å². The fraction of sp³-hybridized carbons (Fsp3) is 0.0625. The number of aryl methyl sites for hydroxylation is 1. The van der Waals surface area contributed by atoms with Crippen LogP contribution in [0.2, 0.25) is 15.1 Å². The van der Waals surface area contributed by atoms with Gasteiger partial charge in [-0.1, -0.05) is 46.9 Å². The average Bonchev–Trinajstić information content (AvgIpc) is 2.85. The number of benzene rings is 2. The van der Waals surface area contributed by atoms with Crippen LogP contribution in [0.5, 0.6) is 0 Å². The molecule has 1 amide bonds. The van der Waals surface area contributed by atoms with Crippen LogP contribution in [-0.4, -0.2) is 5.91 Å². The van der Waals surface area contributed by atoms with Gasteiger partial charge in [0.15, 0.2) is 5.76 Å². The van der Waals surface area contributed by atoms with Crippen LogP contribution < -0.4 is 5.32 Å². The lowest BCUT2D eigenvalue weighted by atomic mass is 10.2. The van der Waals surface area contributed by atoms with E-state index in [9.17, 15) is 4.79 Å². The number of hydrogen-bond donors (Lipinski definition) is 1. The molecule has 2 aromatic carbocycles. The molecule has 3 nitrogen and oxygen atoms in total. The van der Waals surface area contributed by atoms with E-state index >= 15 is 0 Å². The van der Waals surface area contributed by atoms with Crippen LogP contribution in [0.4, 0.5) is 5.69 Å². The summed E-state index contributed by atoms with van der Waals surface area (Å²) >= 11 is 17.9. The molecule has 1 N–H and O–H groups in total. The van der Waals surface area contributed by atoms with E-state index in [1.165, 1.54) is 12.1 Å². The topological polar surface area (TPSA) is 42.2 Å². The molecule has 0 bridgehead atoms. The number of amides is 1. The number of anilines is 1. The quantitative estimate of drug-likeness (QED) is 0.617. The van der Waals surface area contributed by atoms with Gasteiger partial charge in [0.05, 0.1) is 15.7 Å². The molecule has 112 valence electrons. The highest BCUT2D eigenvalue weighted by Gasteiger charge is 2.16. The minimum atomic E-state index is -0.431. The van der Waals surface area contributed by atoms with Gasteiger partial charge >= 0.3 is 0 Å². The summed E-state index contributed by atoms with van der Waals surface area (Å²) in [5, 5.41) is 4.41. The van der Waals surface area contributed by atoms with Gasteiger partial charge in [0.25, 0.3) is 5.91 Å². The van der Waals surface area contributed by atoms with Crippen molar-refractivity contribution in [2.24, 2.45) is 0 Å². The zero-order valence-electron chi connectivity index (χ0n) is 11.4. The second kappa shape index (κ2) is 5.84. The second-order valence-electron chi connectivity index (χ2n) is 4.85. The summed E-state index contributed by atoms with van der Waals surface area (Å²) in [4.78, 5) is 12.3. The molecule has 0 atom stereocenters. The van der Waals surface area contributed by atoms with Crippen LogP contribution in [0.15, 0.2) is 40.8 Å². The van der Waals surface area contributed by atoms with E-state index in [1.807, 2.05) is 25.1 Å². The Hall–Kier alpha value is -1.68. The first-order valence-electron chi connectivity index (χ1n) is 6.40. The summed E-state index contributed by atoms with van der Waals surface area (Å²) in [7, 11) is 0. The number of hydrogen-bond acceptors (Lipinski definition) is 2. The van der Waals surface area contributed by atoms with Gasteiger partial charge in [0.2, 0.25) is 0 Å². The Kier molecular flexibility index (Phi) is 4.04. The van der Waals surface area contributed by atoms with Crippen LogP contribution in [0.25, 0.3) is 11.0 Å². The number of nitrogens with one attached hydrogen (secondary N) is 1. The van der Waals surface area contributed by atoms with Crippen molar-refractivity contribution in [3.63, 3.8) is 0 Å². The van der Waals surface area contributed by atoms with Gasteiger partial charge in [-0.25, -0.2) is 0 Å². The Labute approximate surface area is 141 Å². The second-order valence-corrected chi connectivity index (χ2v) is 6.10. The molecule has 0 aliphatic carbocycles. The number of rotatable bonds is 2. The van der Waals surface area contributed by atoms with Crippen LogP contribution in [-0.2, 0) is 0 Å². The van der Waals surface area contributed by atoms with Crippen molar-refractivity contribution in [1.29, 1.82) is 0 Å². The number of furan rings is 1. The van der Waals surface area contributed by atoms with E-state index in [0.29, 0.717) is 16.3 Å². The molecule has 0 saturated heterocycles. The summed E-state index contributed by atoms with van der Waals surface area (Å²) in [6.07, 6.45) is 0. The van der Waals surface area contributed by atoms with E-state index in [2.05, 4.69) is 5.32 Å². The monoisotopic (exact) mass is 353 g/mol. The SMILES string of the molecule is Cc1ccc2cc(C(=O)Nc3c(Cl)cc(Cl)cc3Cl)oc2c1. The molecule has 0 saturated carbocycles. The van der Waals surface area contributed by atoms with E-state index in [4.69, 9.17) is 39.2 Å². The summed E-state index contributed by atoms with van der Waals surface area (Å²) in [6, 6.07) is 10.4. The van der Waals surface area contributed by atoms with Gasteiger partial charge in [0, 0.05) is 10.4 Å². The van der Waals surface area contributed by atoms with Crippen LogP contribution >= 0.6 is 34.8 Å². The Morgan fingerprint density at radius 1 is 1.05 bits per heavy atom. The predicted octanol–water partition coefficient (Wildman–Crippen LogP) is 5.95. The third-order valence-electron chi connectivity index (χ3n) is 3.14. The summed E-state index contributed by atoms with van der Waals surface area (Å²) in [6.45, 7) is 1.95. The third-order valence-corrected chi connectivity index (χ3v) is 3.96. The minimum Gasteiger partial charge on any atom is -0.451 e. The molecule has 0 fully saturated rings. The highest BCUT2D eigenvalue weighted by atomic mass is 35.5. The maximum Gasteiger partial charge on any atom is 0.291 e. The average molecular weight is 355 g/mol. The van der Waals surface area contributed by atoms with Gasteiger partial charge in [-0.05, 0) is 36.8 Å². The Morgan fingerprint density at radius 3 is 2.41 bits per heavy atom. The maximum atomic E-state index is 12.3. The zero-order valence-corrected chi connectivity index (χ0v) is 13.7. The maximum absolute atomic E-state index is 12.3. The highest BCUT2D eigenvalue weighted by molar-refractivity contribution is 6.42. The molecular weight excluding hydrogens is 345 g/mol. The lowest BCUT2D eigenvalue weighted by Crippen LogP contribution is -2.11. The summed E-state index contributed by atoms with van der Waals surface area (Å²) in [5.41, 5.74) is 2.01. The van der Waals surface area contributed by atoms with E-state index in [-0.39, 0.29) is 15.8 Å². The van der Waals surface area contributed by atoms with Gasteiger partial charge in [-0.15, -0.1) is 0 Å². The van der Waals surface area contributed by atoms with Crippen LogP contribution in [0.3, 0.4) is 0 Å². The van der Waals surface area contributed by atoms with E-state index in [0.717, 1.165) is 10.9 Å². The Balaban J connectivity index is 1.93. The predicted molar refractivity (Wildman–Crippen MR) is 90.4 cm³/mol. The normalized spacial score (nSPS) is 10.9. The lowest BCUT2D eigenvalue weighted by Gasteiger charge is -2.08. The number of halogens is 3. The smallest absolute Gasteiger partial charge is 0.291 e. The Bertz CT molecular complexity index is 863. The molecule has 0 radical (unpaired) electrons. The van der Waals surface area contributed by atoms with E-state index in [1.54, 1.807) is 6.07 Å². The summed E-state index contributed by atoms with van der Waals surface area (Å²) < 4.78 is 5.56. The molecule has 1 aromatic heterocycles. The molecule has 0 spiro atoms. The van der Waals surface area contributed by atoms with Crippen LogP contribution in [0.1, 0.15) is 16.1 Å². The molecular formula is C16H10Cl3NO2. The molecule has 1 heterocycles. The zero-order chi connectivity index (χ0) is 15.9. The lowest BCUT2D eigenvalue weighted by molar-refractivity contribution is 0.0998. The molecule has 0 unspecified atom stereocenters. The molecule has 3 rings (SSSR count). The Morgan fingerprint density at radius 2 is 1.73 bits per heavy atom. The first kappa shape index (κ1) is 15.2. The largest absolute Gasteiger partial charge is 0.451 e. The first-order valence-corrected chi connectivity index (χ1v) is 7.53. The fourth-order valence-electron chi connectivity index (χ4n) is 2.09. The number of carbonyl (C=O) groups excluding carboxylic acids is 1. The van der Waals surface area contributed by atoms with E-state index < -0.39 is 5.91 Å². The minimum absolute atomic E-state index is 0.183. The van der Waals surface area contributed by atoms with Gasteiger partial charge in [0.1, 0.15) is 5.58 Å². The van der Waals surface area contributed by atoms with Crippen molar-refractivity contribution >= 4 is 57.4 Å². The number of fused-ring (bicyclic) bond motifs is 1. The fourth-order valence-corrected chi connectivity index (χ4v) is 3.00. The van der Waals surface area contributed by atoms with Crippen molar-refractivity contribution in [3.05, 3.63) is 62.8 Å². The van der Waals surface area contributed by atoms with Crippen molar-refractivity contribution in [1.82, 2.24) is 0 Å². The van der Waals surface area contributed by atoms with Crippen molar-refractivity contribution in [2.75, 3.05) is 5.32 Å². The number of carbonyl (C=O) groups is 1. The first-order chi connectivity index (χ1) is 10.4. The standard InChI is InChI=1S/C16H10Cl3NO2/c1-8-2-3-9-5-14(22-13(9)4-8)16(21)20-15-11(18)6-10(17)7-12(15)19/h2-7H,1H3,(H,20,21). The van der Waals surface area contributed by atoms with Crippen molar-refractivity contribution in [2.45, 2.75) is 6.92 Å². The molecule has 6 heteroatoms. The molecule has 22 heavy (non-hydrogen) atoms. The van der Waals surface area contributed by atoms with Crippen LogP contribution in [0, 0.1) is 6.92 Å². The van der Waals surface area contributed by atoms with Crippen molar-refractivity contribution in [3.8, 4) is 0 Å². The molecule has 0 aliphatic heterocycles. The van der Waals surface area contributed by atoms with Crippen molar-refractivity contribution < 1.29 is 9.21 Å². The van der Waals surface area contributed by atoms with Gasteiger partial charge in [-0.3, -0.25) is 4.79 Å². The molecule has 3 aromatic rings. The third kappa shape index (κ3) is 2.93. The summed E-state index contributed by atoms with van der Waals surface area (Å²) in [5.74, 6) is -0.248. The van der Waals surface area contributed by atoms with Gasteiger partial charge in [-0.2, -0.15) is 0 Å². The molecule has 0 aliphatic rings. The highest BCUT2D eigenvalue weighted by Crippen LogP contribution is 2.34.